The molecule has 0 spiro atoms. The van der Waals surface area contributed by atoms with Crippen molar-refractivity contribution >= 4 is 56.4 Å². The monoisotopic (exact) mass is 754 g/mol. The van der Waals surface area contributed by atoms with E-state index in [2.05, 4.69) is 26.3 Å². The predicted octanol–water partition coefficient (Wildman–Crippen LogP) is 1.80. The number of rotatable bonds is 20. The Morgan fingerprint density at radius 1 is 0.906 bits per heavy atom. The number of alkyl carbamates (subject to hydrolysis) is 1. The van der Waals surface area contributed by atoms with Gasteiger partial charge >= 0.3 is 12.1 Å². The fourth-order valence-corrected chi connectivity index (χ4v) is 5.76. The van der Waals surface area contributed by atoms with Gasteiger partial charge < -0.3 is 41.8 Å². The second kappa shape index (κ2) is 19.8. The third-order valence-corrected chi connectivity index (χ3v) is 8.96. The molecule has 2 aromatic carbocycles. The first kappa shape index (κ1) is 41.7. The quantitative estimate of drug-likeness (QED) is 0.0880. The number of carbonyl (C=O) groups is 6. The highest BCUT2D eigenvalue weighted by Gasteiger charge is 2.33. The van der Waals surface area contributed by atoms with Gasteiger partial charge in [-0.1, -0.05) is 74.9 Å². The van der Waals surface area contributed by atoms with E-state index < -0.39 is 82.0 Å². The Morgan fingerprint density at radius 2 is 1.57 bits per heavy atom. The van der Waals surface area contributed by atoms with Crippen LogP contribution in [0, 0.1) is 5.92 Å². The molecule has 16 nitrogen and oxygen atoms in total. The molecule has 0 aliphatic rings. The van der Waals surface area contributed by atoms with Crippen LogP contribution in [-0.4, -0.2) is 84.6 Å². The van der Waals surface area contributed by atoms with E-state index >= 15 is 0 Å². The summed E-state index contributed by atoms with van der Waals surface area (Å²) in [4.78, 5) is 80.4. The van der Waals surface area contributed by atoms with E-state index in [0.29, 0.717) is 17.5 Å². The third kappa shape index (κ3) is 14.1. The molecule has 17 heteroatoms. The van der Waals surface area contributed by atoms with Gasteiger partial charge in [-0.15, -0.1) is 0 Å². The molecule has 1 aromatic heterocycles. The summed E-state index contributed by atoms with van der Waals surface area (Å²) in [5.74, 6) is -5.07. The van der Waals surface area contributed by atoms with Crippen molar-refractivity contribution in [3.63, 3.8) is 0 Å². The zero-order valence-corrected chi connectivity index (χ0v) is 30.5. The first-order chi connectivity index (χ1) is 25.1. The van der Waals surface area contributed by atoms with Crippen molar-refractivity contribution in [2.45, 2.75) is 76.7 Å². The maximum atomic E-state index is 13.9. The maximum absolute atomic E-state index is 13.9. The number of ether oxygens (including phenoxy) is 1. The molecule has 5 atom stereocenters. The molecule has 3 rings (SSSR count). The average molecular weight is 755 g/mol. The number of aromatic amines is 1. The summed E-state index contributed by atoms with van der Waals surface area (Å²) in [6.07, 6.45) is 1.84. The van der Waals surface area contributed by atoms with Crippen LogP contribution in [0.3, 0.4) is 0 Å². The third-order valence-electron chi connectivity index (χ3n) is 8.31. The predicted molar refractivity (Wildman–Crippen MR) is 195 cm³/mol. The van der Waals surface area contributed by atoms with E-state index in [0.717, 1.165) is 28.6 Å². The van der Waals surface area contributed by atoms with Gasteiger partial charge in [-0.3, -0.25) is 24.0 Å². The van der Waals surface area contributed by atoms with Crippen LogP contribution in [0.5, 0.6) is 0 Å². The molecule has 5 amide bonds. The van der Waals surface area contributed by atoms with Gasteiger partial charge in [-0.25, -0.2) is 13.2 Å². The highest BCUT2D eigenvalue weighted by atomic mass is 32.2. The van der Waals surface area contributed by atoms with Crippen LogP contribution in [0.4, 0.5) is 4.79 Å². The van der Waals surface area contributed by atoms with Crippen LogP contribution >= 0.6 is 0 Å². The number of carboxylic acids is 1. The lowest BCUT2D eigenvalue weighted by Gasteiger charge is -2.28. The molecular weight excluding hydrogens is 708 g/mol. The molecule has 0 saturated carbocycles. The molecule has 0 unspecified atom stereocenters. The fraction of sp³-hybridized carbons (Fsp3) is 0.389. The molecule has 0 saturated heterocycles. The summed E-state index contributed by atoms with van der Waals surface area (Å²) >= 11 is 0. The number of hydrogen-bond donors (Lipinski definition) is 7. The largest absolute Gasteiger partial charge is 0.481 e. The summed E-state index contributed by atoms with van der Waals surface area (Å²) < 4.78 is 28.7. The molecule has 286 valence electrons. The summed E-state index contributed by atoms with van der Waals surface area (Å²) in [7, 11) is -3.65. The van der Waals surface area contributed by atoms with Crippen LogP contribution in [0.25, 0.3) is 10.9 Å². The van der Waals surface area contributed by atoms with Crippen molar-refractivity contribution in [2.24, 2.45) is 11.7 Å². The number of nitrogens with one attached hydrogen (secondary N) is 5. The van der Waals surface area contributed by atoms with Gasteiger partial charge in [0.15, 0.2) is 9.84 Å². The van der Waals surface area contributed by atoms with Gasteiger partial charge in [0.2, 0.25) is 23.6 Å². The van der Waals surface area contributed by atoms with E-state index in [1.807, 2.05) is 30.3 Å². The number of benzene rings is 2. The zero-order chi connectivity index (χ0) is 39.1. The second-order valence-electron chi connectivity index (χ2n) is 12.6. The molecule has 0 bridgehead atoms. The maximum Gasteiger partial charge on any atom is 0.408 e. The van der Waals surface area contributed by atoms with E-state index in [-0.39, 0.29) is 25.9 Å². The summed E-state index contributed by atoms with van der Waals surface area (Å²) in [5, 5.41) is 21.1. The summed E-state index contributed by atoms with van der Waals surface area (Å²) in [6.45, 7) is 3.33. The Kier molecular flexibility index (Phi) is 15.6. The average Bonchev–Trinajstić information content (AvgIpc) is 3.51. The van der Waals surface area contributed by atoms with Crippen molar-refractivity contribution < 1.29 is 47.0 Å². The SMILES string of the molecule is CC[C@H](C)[C@H](NC(=O)[C@H](CCC(N)=O)NC(=O)[C@H](Cc1c[nH]c2ccccc12)NC(=O)OCc1ccccc1)C(=O)N[C@H](/C=C/S(C)(=O)=O)CC(=O)O. The zero-order valence-electron chi connectivity index (χ0n) is 29.7. The lowest BCUT2D eigenvalue weighted by Crippen LogP contribution is -2.59. The van der Waals surface area contributed by atoms with E-state index in [4.69, 9.17) is 10.5 Å². The minimum absolute atomic E-state index is 0.0235. The Labute approximate surface area is 307 Å². The highest BCUT2D eigenvalue weighted by molar-refractivity contribution is 7.93. The van der Waals surface area contributed by atoms with Gasteiger partial charge in [-0.2, -0.15) is 0 Å². The number of primary amides is 1. The van der Waals surface area contributed by atoms with Crippen LogP contribution in [-0.2, 0) is 51.6 Å². The molecule has 0 radical (unpaired) electrons. The van der Waals surface area contributed by atoms with Gasteiger partial charge in [0.1, 0.15) is 24.7 Å². The highest BCUT2D eigenvalue weighted by Crippen LogP contribution is 2.20. The van der Waals surface area contributed by atoms with Crippen LogP contribution in [0.15, 0.2) is 72.3 Å². The normalized spacial score (nSPS) is 14.3. The van der Waals surface area contributed by atoms with Gasteiger partial charge in [0.25, 0.3) is 0 Å². The van der Waals surface area contributed by atoms with Crippen molar-refractivity contribution in [1.82, 2.24) is 26.3 Å². The first-order valence-electron chi connectivity index (χ1n) is 16.9. The number of hydrogen-bond acceptors (Lipinski definition) is 9. The molecule has 0 aliphatic carbocycles. The van der Waals surface area contributed by atoms with Gasteiger partial charge in [0.05, 0.1) is 12.5 Å². The standard InChI is InChI=1S/C36H46N6O10S/c1-4-22(2)32(35(48)39-25(19-31(44)45)16-17-53(3,50)51)42-33(46)28(14-15-30(37)43)40-34(47)29(18-24-20-38-27-13-9-8-12-26(24)27)41-36(49)52-21-23-10-6-5-7-11-23/h5-13,16-17,20,22,25,28-29,32,38H,4,14-15,18-19,21H2,1-3H3,(H2,37,43)(H,39,48)(H,40,47)(H,41,49)(H,42,46)(H,44,45)/b17-16+/t22-,25+,28-,29-,32-/m0/s1. The Balaban J connectivity index is 1.86. The minimum atomic E-state index is -3.65. The Bertz CT molecular complexity index is 1900. The number of fused-ring (bicyclic) bond motifs is 1. The Morgan fingerprint density at radius 3 is 2.21 bits per heavy atom. The number of carbonyl (C=O) groups excluding carboxylic acids is 5. The number of nitrogens with two attached hydrogens (primary N) is 1. The van der Waals surface area contributed by atoms with Gasteiger partial charge in [0, 0.05) is 41.6 Å². The molecule has 0 aliphatic heterocycles. The number of carboxylic acid groups (broad SMARTS) is 1. The van der Waals surface area contributed by atoms with Crippen LogP contribution in [0.2, 0.25) is 0 Å². The molecule has 0 fully saturated rings. The van der Waals surface area contributed by atoms with Crippen LogP contribution in [0.1, 0.15) is 50.7 Å². The topological polar surface area (TPSA) is 256 Å². The van der Waals surface area contributed by atoms with Crippen LogP contribution < -0.4 is 27.0 Å². The number of H-pyrrole nitrogens is 1. The second-order valence-corrected chi connectivity index (χ2v) is 14.6. The molecule has 8 N–H and O–H groups in total. The molecular formula is C36H46N6O10S. The lowest BCUT2D eigenvalue weighted by atomic mass is 9.96. The summed E-state index contributed by atoms with van der Waals surface area (Å²) in [5.41, 5.74) is 7.55. The molecule has 1 heterocycles. The number of aliphatic carboxylic acids is 1. The van der Waals surface area contributed by atoms with Crippen molar-refractivity contribution in [3.8, 4) is 0 Å². The number of para-hydroxylation sites is 1. The van der Waals surface area contributed by atoms with Crippen molar-refractivity contribution in [3.05, 3.63) is 83.4 Å². The van der Waals surface area contributed by atoms with E-state index in [9.17, 15) is 42.3 Å². The smallest absolute Gasteiger partial charge is 0.408 e. The van der Waals surface area contributed by atoms with E-state index in [1.54, 1.807) is 44.3 Å². The fourth-order valence-electron chi connectivity index (χ4n) is 5.29. The lowest BCUT2D eigenvalue weighted by molar-refractivity contribution is -0.138. The van der Waals surface area contributed by atoms with E-state index in [1.165, 1.54) is 0 Å². The summed E-state index contributed by atoms with van der Waals surface area (Å²) in [6, 6.07) is 11.0. The van der Waals surface area contributed by atoms with Crippen molar-refractivity contribution in [1.29, 1.82) is 0 Å². The Hall–Kier alpha value is -5.71. The first-order valence-corrected chi connectivity index (χ1v) is 18.8. The number of aromatic nitrogens is 1. The van der Waals surface area contributed by atoms with Crippen molar-refractivity contribution in [2.75, 3.05) is 6.26 Å². The molecule has 3 aromatic rings. The molecule has 53 heavy (non-hydrogen) atoms. The number of sulfone groups is 1. The number of amides is 5. The minimum Gasteiger partial charge on any atom is -0.481 e. The van der Waals surface area contributed by atoms with Gasteiger partial charge in [-0.05, 0) is 29.5 Å².